The van der Waals surface area contributed by atoms with Crippen LogP contribution in [0.5, 0.6) is 0 Å². The van der Waals surface area contributed by atoms with Crippen LogP contribution in [0.4, 0.5) is 0 Å². The molecule has 2 aromatic rings. The molecule has 3 rings (SSSR count). The van der Waals surface area contributed by atoms with Gasteiger partial charge in [0.25, 0.3) is 5.91 Å². The van der Waals surface area contributed by atoms with E-state index in [1.54, 1.807) is 4.90 Å². The Morgan fingerprint density at radius 1 is 1.21 bits per heavy atom. The van der Waals surface area contributed by atoms with Gasteiger partial charge in [0.15, 0.2) is 6.61 Å². The van der Waals surface area contributed by atoms with Crippen LogP contribution in [-0.2, 0) is 20.7 Å². The smallest absolute Gasteiger partial charge is 0.339 e. The largest absolute Gasteiger partial charge is 0.452 e. The second kappa shape index (κ2) is 8.37. The molecule has 0 aliphatic carbocycles. The number of nitrogens with zero attached hydrogens (tertiary/aromatic N) is 2. The Balaban J connectivity index is 1.71. The number of pyridine rings is 1. The second-order valence-electron chi connectivity index (χ2n) is 7.06. The SMILES string of the molecule is CCc1nc2ccccc2c(C(=O)OCC(=O)N2CCC(C(N)=O)CC2)c1C. The first-order valence-electron chi connectivity index (χ1n) is 9.54. The predicted octanol–water partition coefficient (Wildman–Crippen LogP) is 1.99. The average Bonchev–Trinajstić information content (AvgIpc) is 2.71. The number of amides is 2. The number of esters is 1. The first kappa shape index (κ1) is 19.8. The molecular formula is C21H25N3O4. The number of benzene rings is 1. The van der Waals surface area contributed by atoms with Crippen molar-refractivity contribution in [2.75, 3.05) is 19.7 Å². The Hall–Kier alpha value is -2.96. The minimum atomic E-state index is -0.522. The van der Waals surface area contributed by atoms with Gasteiger partial charge in [-0.1, -0.05) is 25.1 Å². The van der Waals surface area contributed by atoms with E-state index in [0.717, 1.165) is 22.2 Å². The van der Waals surface area contributed by atoms with Crippen LogP contribution >= 0.6 is 0 Å². The number of hydrogen-bond donors (Lipinski definition) is 1. The van der Waals surface area contributed by atoms with Crippen molar-refractivity contribution in [2.24, 2.45) is 11.7 Å². The summed E-state index contributed by atoms with van der Waals surface area (Å²) in [6.45, 7) is 4.41. The molecule has 0 spiro atoms. The minimum absolute atomic E-state index is 0.190. The highest BCUT2D eigenvalue weighted by Crippen LogP contribution is 2.24. The minimum Gasteiger partial charge on any atom is -0.452 e. The van der Waals surface area contributed by atoms with Gasteiger partial charge < -0.3 is 15.4 Å². The van der Waals surface area contributed by atoms with Crippen LogP contribution in [-0.4, -0.2) is 47.4 Å². The number of rotatable bonds is 5. The lowest BCUT2D eigenvalue weighted by Gasteiger charge is -2.30. The molecule has 0 saturated carbocycles. The zero-order valence-electron chi connectivity index (χ0n) is 16.2. The van der Waals surface area contributed by atoms with Crippen molar-refractivity contribution in [1.82, 2.24) is 9.88 Å². The van der Waals surface area contributed by atoms with Crippen molar-refractivity contribution >= 4 is 28.7 Å². The molecule has 1 saturated heterocycles. The number of carbonyl (C=O) groups excluding carboxylic acids is 3. The lowest BCUT2D eigenvalue weighted by molar-refractivity contribution is -0.137. The van der Waals surface area contributed by atoms with E-state index in [2.05, 4.69) is 4.98 Å². The van der Waals surface area contributed by atoms with Crippen LogP contribution in [0, 0.1) is 12.8 Å². The molecule has 7 nitrogen and oxygen atoms in total. The maximum absolute atomic E-state index is 12.8. The molecule has 2 amide bonds. The Labute approximate surface area is 163 Å². The van der Waals surface area contributed by atoms with Crippen LogP contribution < -0.4 is 5.73 Å². The molecule has 28 heavy (non-hydrogen) atoms. The molecule has 1 aromatic carbocycles. The standard InChI is InChI=1S/C21H25N3O4/c1-3-16-13(2)19(15-6-4-5-7-17(15)23-16)21(27)28-12-18(25)24-10-8-14(9-11-24)20(22)26/h4-7,14H,3,8-12H2,1-2H3,(H2,22,26). The van der Waals surface area contributed by atoms with Gasteiger partial charge in [-0.15, -0.1) is 0 Å². The number of para-hydroxylation sites is 1. The fourth-order valence-corrected chi connectivity index (χ4v) is 3.67. The number of nitrogens with two attached hydrogens (primary N) is 1. The summed E-state index contributed by atoms with van der Waals surface area (Å²) < 4.78 is 5.36. The van der Waals surface area contributed by atoms with E-state index in [4.69, 9.17) is 10.5 Å². The summed E-state index contributed by atoms with van der Waals surface area (Å²) in [7, 11) is 0. The molecule has 0 unspecified atom stereocenters. The van der Waals surface area contributed by atoms with E-state index < -0.39 is 5.97 Å². The van der Waals surface area contributed by atoms with Crippen molar-refractivity contribution in [2.45, 2.75) is 33.1 Å². The first-order chi connectivity index (χ1) is 13.4. The van der Waals surface area contributed by atoms with Gasteiger partial charge in [0, 0.05) is 30.1 Å². The molecule has 0 atom stereocenters. The molecule has 1 aliphatic heterocycles. The number of primary amides is 1. The lowest BCUT2D eigenvalue weighted by atomic mass is 9.96. The third kappa shape index (κ3) is 3.98. The number of ether oxygens (including phenoxy) is 1. The molecule has 1 aromatic heterocycles. The van der Waals surface area contributed by atoms with Gasteiger partial charge in [-0.3, -0.25) is 14.6 Å². The van der Waals surface area contributed by atoms with Crippen LogP contribution in [0.3, 0.4) is 0 Å². The summed E-state index contributed by atoms with van der Waals surface area (Å²) in [5.74, 6) is -1.30. The Morgan fingerprint density at radius 3 is 2.54 bits per heavy atom. The quantitative estimate of drug-likeness (QED) is 0.796. The first-order valence-corrected chi connectivity index (χ1v) is 9.54. The van der Waals surface area contributed by atoms with E-state index in [1.165, 1.54) is 0 Å². The van der Waals surface area contributed by atoms with Crippen molar-refractivity contribution in [3.8, 4) is 0 Å². The van der Waals surface area contributed by atoms with Gasteiger partial charge in [0.2, 0.25) is 5.91 Å². The topological polar surface area (TPSA) is 103 Å². The molecule has 2 heterocycles. The van der Waals surface area contributed by atoms with Crippen molar-refractivity contribution in [3.05, 3.63) is 41.1 Å². The molecule has 1 fully saturated rings. The monoisotopic (exact) mass is 383 g/mol. The van der Waals surface area contributed by atoms with Crippen LogP contribution in [0.15, 0.2) is 24.3 Å². The van der Waals surface area contributed by atoms with E-state index in [0.29, 0.717) is 37.9 Å². The summed E-state index contributed by atoms with van der Waals surface area (Å²) in [6, 6.07) is 7.42. The normalized spacial score (nSPS) is 14.9. The van der Waals surface area contributed by atoms with E-state index in [1.807, 2.05) is 38.1 Å². The fourth-order valence-electron chi connectivity index (χ4n) is 3.67. The summed E-state index contributed by atoms with van der Waals surface area (Å²) in [5, 5.41) is 0.719. The summed E-state index contributed by atoms with van der Waals surface area (Å²) >= 11 is 0. The van der Waals surface area contributed by atoms with Gasteiger partial charge in [0.05, 0.1) is 11.1 Å². The lowest BCUT2D eigenvalue weighted by Crippen LogP contribution is -2.43. The van der Waals surface area contributed by atoms with Crippen LogP contribution in [0.1, 0.15) is 41.4 Å². The number of aromatic nitrogens is 1. The highest BCUT2D eigenvalue weighted by molar-refractivity contribution is 6.05. The van der Waals surface area contributed by atoms with Crippen molar-refractivity contribution < 1.29 is 19.1 Å². The Kier molecular flexibility index (Phi) is 5.92. The highest BCUT2D eigenvalue weighted by Gasteiger charge is 2.27. The van der Waals surface area contributed by atoms with Crippen molar-refractivity contribution in [1.29, 1.82) is 0 Å². The molecule has 1 aliphatic rings. The molecule has 0 radical (unpaired) electrons. The summed E-state index contributed by atoms with van der Waals surface area (Å²) in [6.07, 6.45) is 1.79. The Bertz CT molecular complexity index is 917. The highest BCUT2D eigenvalue weighted by atomic mass is 16.5. The van der Waals surface area contributed by atoms with Crippen LogP contribution in [0.25, 0.3) is 10.9 Å². The third-order valence-electron chi connectivity index (χ3n) is 5.35. The molecular weight excluding hydrogens is 358 g/mol. The van der Waals surface area contributed by atoms with Crippen molar-refractivity contribution in [3.63, 3.8) is 0 Å². The third-order valence-corrected chi connectivity index (χ3v) is 5.35. The second-order valence-corrected chi connectivity index (χ2v) is 7.06. The van der Waals surface area contributed by atoms with Gasteiger partial charge in [-0.05, 0) is 37.8 Å². The Morgan fingerprint density at radius 2 is 1.89 bits per heavy atom. The maximum Gasteiger partial charge on any atom is 0.339 e. The van der Waals surface area contributed by atoms with E-state index >= 15 is 0 Å². The molecule has 7 heteroatoms. The molecule has 0 bridgehead atoms. The number of aryl methyl sites for hydroxylation is 1. The summed E-state index contributed by atoms with van der Waals surface area (Å²) in [5.41, 5.74) is 8.13. The molecule has 2 N–H and O–H groups in total. The van der Waals surface area contributed by atoms with Gasteiger partial charge in [-0.2, -0.15) is 0 Å². The number of likely N-dealkylation sites (tertiary alicyclic amines) is 1. The maximum atomic E-state index is 12.8. The molecule has 148 valence electrons. The summed E-state index contributed by atoms with van der Waals surface area (Å²) in [4.78, 5) is 42.7. The zero-order chi connectivity index (χ0) is 20.3. The predicted molar refractivity (Wildman–Crippen MR) is 105 cm³/mol. The number of piperidine rings is 1. The van der Waals surface area contributed by atoms with E-state index in [-0.39, 0.29) is 24.3 Å². The van der Waals surface area contributed by atoms with Gasteiger partial charge >= 0.3 is 5.97 Å². The van der Waals surface area contributed by atoms with Gasteiger partial charge in [-0.25, -0.2) is 4.79 Å². The van der Waals surface area contributed by atoms with Gasteiger partial charge in [0.1, 0.15) is 0 Å². The number of hydrogen-bond acceptors (Lipinski definition) is 5. The number of fused-ring (bicyclic) bond motifs is 1. The van der Waals surface area contributed by atoms with E-state index in [9.17, 15) is 14.4 Å². The number of carbonyl (C=O) groups is 3. The fraction of sp³-hybridized carbons (Fsp3) is 0.429. The zero-order valence-corrected chi connectivity index (χ0v) is 16.2. The van der Waals surface area contributed by atoms with Crippen LogP contribution in [0.2, 0.25) is 0 Å². The average molecular weight is 383 g/mol.